The quantitative estimate of drug-likeness (QED) is 0.124. The van der Waals surface area contributed by atoms with E-state index in [1.54, 1.807) is 31.5 Å². The van der Waals surface area contributed by atoms with Crippen LogP contribution in [-0.2, 0) is 9.59 Å². The van der Waals surface area contributed by atoms with Gasteiger partial charge in [0.15, 0.2) is 0 Å². The maximum atomic E-state index is 12.8. The molecule has 13 nitrogen and oxygen atoms in total. The van der Waals surface area contributed by atoms with E-state index in [0.29, 0.717) is 24.3 Å². The van der Waals surface area contributed by atoms with Crippen LogP contribution in [0.15, 0.2) is 66.9 Å². The van der Waals surface area contributed by atoms with Crippen molar-refractivity contribution in [1.82, 2.24) is 25.1 Å². The molecule has 4 amide bonds. The van der Waals surface area contributed by atoms with Crippen LogP contribution >= 0.6 is 0 Å². The summed E-state index contributed by atoms with van der Waals surface area (Å²) in [6, 6.07) is 17.8. The highest BCUT2D eigenvalue weighted by Crippen LogP contribution is 2.31. The molecule has 0 radical (unpaired) electrons. The van der Waals surface area contributed by atoms with E-state index in [9.17, 15) is 24.3 Å². The molecule has 0 spiro atoms. The van der Waals surface area contributed by atoms with E-state index in [1.165, 1.54) is 19.3 Å². The predicted molar refractivity (Wildman–Crippen MR) is 214 cm³/mol. The van der Waals surface area contributed by atoms with Gasteiger partial charge < -0.3 is 24.2 Å². The van der Waals surface area contributed by atoms with Crippen LogP contribution in [0.4, 0.5) is 0 Å². The zero-order chi connectivity index (χ0) is 39.7. The smallest absolute Gasteiger partial charge is 0.262 e. The molecular formula is C44H49N5O8. The van der Waals surface area contributed by atoms with Gasteiger partial charge in [-0.3, -0.25) is 29.4 Å². The molecule has 1 unspecified atom stereocenters. The molecule has 0 bridgehead atoms. The fraction of sp³-hybridized carbons (Fsp3) is 0.409. The van der Waals surface area contributed by atoms with Gasteiger partial charge in [-0.2, -0.15) is 0 Å². The number of ether oxygens (including phenoxy) is 3. The predicted octanol–water partition coefficient (Wildman–Crippen LogP) is 5.83. The average Bonchev–Trinajstić information content (AvgIpc) is 3.45. The Bertz CT molecular complexity index is 2130. The van der Waals surface area contributed by atoms with Crippen LogP contribution in [0, 0.1) is 0 Å². The van der Waals surface area contributed by atoms with E-state index in [0.717, 1.165) is 84.5 Å². The Kier molecular flexibility index (Phi) is 12.9. The molecule has 1 aliphatic carbocycles. The summed E-state index contributed by atoms with van der Waals surface area (Å²) in [6.45, 7) is 3.44. The van der Waals surface area contributed by atoms with Gasteiger partial charge in [-0.1, -0.05) is 12.1 Å². The van der Waals surface area contributed by atoms with Crippen molar-refractivity contribution in [2.75, 3.05) is 33.4 Å². The Hall–Kier alpha value is -5.66. The summed E-state index contributed by atoms with van der Waals surface area (Å²) in [6.07, 6.45) is 14.5. The molecule has 13 heteroatoms. The van der Waals surface area contributed by atoms with E-state index >= 15 is 0 Å². The molecule has 2 aromatic heterocycles. The molecule has 4 aromatic rings. The van der Waals surface area contributed by atoms with Crippen LogP contribution in [0.3, 0.4) is 0 Å². The molecule has 4 aliphatic rings. The van der Waals surface area contributed by atoms with Crippen LogP contribution in [0.5, 0.6) is 17.4 Å². The lowest BCUT2D eigenvalue weighted by Gasteiger charge is -2.29. The maximum absolute atomic E-state index is 12.8. The number of nitrogens with one attached hydrogen (secondary N) is 1. The molecular weight excluding hydrogens is 727 g/mol. The fourth-order valence-corrected chi connectivity index (χ4v) is 7.28. The van der Waals surface area contributed by atoms with Gasteiger partial charge in [0.25, 0.3) is 11.8 Å². The first-order valence-electron chi connectivity index (χ1n) is 19.9. The number of hydrogen-bond acceptors (Lipinski definition) is 11. The van der Waals surface area contributed by atoms with Gasteiger partial charge in [-0.15, -0.1) is 0 Å². The second kappa shape index (κ2) is 18.5. The highest BCUT2D eigenvalue weighted by Gasteiger charge is 2.44. The molecule has 3 fully saturated rings. The Morgan fingerprint density at radius 2 is 1.65 bits per heavy atom. The lowest BCUT2D eigenvalue weighted by molar-refractivity contribution is -0.136. The van der Waals surface area contributed by atoms with Gasteiger partial charge in [0.1, 0.15) is 17.5 Å². The summed E-state index contributed by atoms with van der Waals surface area (Å²) in [4.78, 5) is 61.2. The fourth-order valence-electron chi connectivity index (χ4n) is 7.28. The minimum atomic E-state index is -0.965. The summed E-state index contributed by atoms with van der Waals surface area (Å²) >= 11 is 0. The molecule has 8 rings (SSSR count). The second-order valence-corrected chi connectivity index (χ2v) is 14.9. The van der Waals surface area contributed by atoms with Gasteiger partial charge in [0.2, 0.25) is 17.7 Å². The number of nitrogens with zero attached hydrogens (tertiary/aromatic N) is 4. The molecule has 1 saturated carbocycles. The third-order valence-electron chi connectivity index (χ3n) is 10.8. The molecule has 1 atom stereocenters. The number of aliphatic hydroxyl groups excluding tert-OH is 1. The van der Waals surface area contributed by atoms with Crippen molar-refractivity contribution < 1.29 is 38.5 Å². The van der Waals surface area contributed by atoms with Crippen LogP contribution < -0.4 is 19.5 Å². The average molecular weight is 776 g/mol. The number of pyridine rings is 2. The Labute approximate surface area is 332 Å². The summed E-state index contributed by atoms with van der Waals surface area (Å²) in [5.41, 5.74) is 3.38. The molecule has 2 aromatic carbocycles. The summed E-state index contributed by atoms with van der Waals surface area (Å²) in [7, 11) is 1.61. The van der Waals surface area contributed by atoms with E-state index in [2.05, 4.69) is 27.3 Å². The number of carbonyl (C=O) groups is 4. The number of benzene rings is 2. The lowest BCUT2D eigenvalue weighted by atomic mass is 9.96. The first-order valence-corrected chi connectivity index (χ1v) is 19.9. The van der Waals surface area contributed by atoms with Crippen LogP contribution in [-0.4, -0.2) is 100 Å². The standard InChI is InChI=1S/C23H29N3O6.C21H20N2O2/c27-15-8-11-25(12-9-15)10-2-1-3-13-32-16-4-5-17-18(14-16)23(31)26(22(17)30)19-6-7-20(28)24-21(19)29;1-24-21-13-15(11-12-22-21)5-7-17-8-6-16-14-19(9-10-20(16)23-17)25-18-3-2-4-18/h4-5,14-15,19,27H,1-3,6-13H2,(H,24,28,29);5-14,18H,2-4H2,1H3/b;7-5+. The Morgan fingerprint density at radius 1 is 0.842 bits per heavy atom. The van der Waals surface area contributed by atoms with Crippen molar-refractivity contribution in [3.05, 3.63) is 89.2 Å². The number of piperidine rings is 2. The molecule has 5 heterocycles. The monoisotopic (exact) mass is 775 g/mol. The highest BCUT2D eigenvalue weighted by molar-refractivity contribution is 6.23. The maximum Gasteiger partial charge on any atom is 0.262 e. The molecule has 2 saturated heterocycles. The number of carbonyl (C=O) groups excluding carboxylic acids is 4. The molecule has 2 N–H and O–H groups in total. The topological polar surface area (TPSA) is 160 Å². The Morgan fingerprint density at radius 3 is 2.42 bits per heavy atom. The number of methoxy groups -OCH3 is 1. The van der Waals surface area contributed by atoms with Gasteiger partial charge in [-0.05, 0) is 125 Å². The van der Waals surface area contributed by atoms with E-state index in [-0.39, 0.29) is 30.1 Å². The van der Waals surface area contributed by atoms with Crippen LogP contribution in [0.2, 0.25) is 0 Å². The van der Waals surface area contributed by atoms with Crippen molar-refractivity contribution in [1.29, 1.82) is 0 Å². The minimum Gasteiger partial charge on any atom is -0.494 e. The largest absolute Gasteiger partial charge is 0.494 e. The number of amides is 4. The Balaban J connectivity index is 0.000000179. The normalized spacial score (nSPS) is 18.9. The van der Waals surface area contributed by atoms with Crippen LogP contribution in [0.25, 0.3) is 23.1 Å². The SMILES string of the molecule is COc1cc(/C=C/c2ccc3cc(OC4CCC4)ccc3n2)ccn1.O=C1CCC(N2C(=O)c3ccc(OCCCCCN4CCC(O)CC4)cc3C2=O)C(=O)N1. The van der Waals surface area contributed by atoms with Gasteiger partial charge >= 0.3 is 0 Å². The van der Waals surface area contributed by atoms with Gasteiger partial charge in [0, 0.05) is 37.2 Å². The lowest BCUT2D eigenvalue weighted by Crippen LogP contribution is -2.54. The van der Waals surface area contributed by atoms with E-state index in [4.69, 9.17) is 19.2 Å². The van der Waals surface area contributed by atoms with Crippen molar-refractivity contribution in [3.63, 3.8) is 0 Å². The number of imide groups is 2. The zero-order valence-electron chi connectivity index (χ0n) is 32.2. The number of unbranched alkanes of at least 4 members (excludes halogenated alkanes) is 2. The first-order chi connectivity index (χ1) is 27.7. The molecule has 57 heavy (non-hydrogen) atoms. The third kappa shape index (κ3) is 10.0. The number of fused-ring (bicyclic) bond motifs is 2. The van der Waals surface area contributed by atoms with Crippen molar-refractivity contribution in [3.8, 4) is 17.4 Å². The number of aliphatic hydroxyl groups is 1. The minimum absolute atomic E-state index is 0.0951. The number of likely N-dealkylation sites (tertiary alicyclic amines) is 1. The molecule has 298 valence electrons. The number of rotatable bonds is 13. The molecule has 3 aliphatic heterocycles. The first kappa shape index (κ1) is 39.6. The van der Waals surface area contributed by atoms with Crippen LogP contribution in [0.1, 0.15) is 96.2 Å². The van der Waals surface area contributed by atoms with E-state index in [1.807, 2.05) is 42.5 Å². The number of hydrogen-bond donors (Lipinski definition) is 2. The summed E-state index contributed by atoms with van der Waals surface area (Å²) < 4.78 is 16.9. The second-order valence-electron chi connectivity index (χ2n) is 14.9. The third-order valence-corrected chi connectivity index (χ3v) is 10.8. The van der Waals surface area contributed by atoms with E-state index < -0.39 is 29.7 Å². The van der Waals surface area contributed by atoms with Crippen molar-refractivity contribution in [2.45, 2.75) is 82.5 Å². The number of aromatic nitrogens is 2. The van der Waals surface area contributed by atoms with Gasteiger partial charge in [0.05, 0.1) is 48.3 Å². The van der Waals surface area contributed by atoms with Gasteiger partial charge in [-0.25, -0.2) is 9.97 Å². The highest BCUT2D eigenvalue weighted by atomic mass is 16.5. The summed E-state index contributed by atoms with van der Waals surface area (Å²) in [5, 5.41) is 12.8. The summed E-state index contributed by atoms with van der Waals surface area (Å²) in [5.74, 6) is -0.00654. The van der Waals surface area contributed by atoms with Crippen molar-refractivity contribution in [2.24, 2.45) is 0 Å². The zero-order valence-corrected chi connectivity index (χ0v) is 32.2. The van der Waals surface area contributed by atoms with Crippen molar-refractivity contribution >= 4 is 46.7 Å².